The maximum atomic E-state index is 13.8. The molecule has 1 aromatic carbocycles. The van der Waals surface area contributed by atoms with Crippen molar-refractivity contribution in [3.05, 3.63) is 46.9 Å². The molecule has 0 aliphatic carbocycles. The molecule has 2 rings (SSSR count). The molecule has 0 unspecified atom stereocenters. The molecule has 204 valence electrons. The number of nitrogens with one attached hydrogen (secondary N) is 2. The van der Waals surface area contributed by atoms with E-state index in [9.17, 15) is 19.5 Å². The molecule has 0 fully saturated rings. The number of carboxylic acid groups (broad SMARTS) is 1. The third-order valence-electron chi connectivity index (χ3n) is 6.97. The SMILES string of the molecule is CN[C@H](C(=O)N[C@H](C(=O)N(C)[C@H](/C=C(\C)C(=O)O)C(C)C)C(C)(C)C)C(C)(C)c1cc2ccccc2s1. The van der Waals surface area contributed by atoms with Gasteiger partial charge in [0.2, 0.25) is 11.8 Å². The minimum Gasteiger partial charge on any atom is -0.478 e. The van der Waals surface area contributed by atoms with E-state index in [1.54, 1.807) is 36.4 Å². The number of benzene rings is 1. The summed E-state index contributed by atoms with van der Waals surface area (Å²) in [5.74, 6) is -1.56. The number of carboxylic acids is 1. The van der Waals surface area contributed by atoms with Crippen molar-refractivity contribution in [2.24, 2.45) is 11.3 Å². The summed E-state index contributed by atoms with van der Waals surface area (Å²) in [5, 5.41) is 16.7. The third kappa shape index (κ3) is 6.99. The van der Waals surface area contributed by atoms with Crippen molar-refractivity contribution in [1.82, 2.24) is 15.5 Å². The Morgan fingerprint density at radius 1 is 1.05 bits per heavy atom. The molecule has 0 saturated heterocycles. The van der Waals surface area contributed by atoms with Crippen molar-refractivity contribution in [1.29, 1.82) is 0 Å². The van der Waals surface area contributed by atoms with Gasteiger partial charge in [-0.1, -0.05) is 72.7 Å². The quantitative estimate of drug-likeness (QED) is 0.384. The highest BCUT2D eigenvalue weighted by Gasteiger charge is 2.42. The lowest BCUT2D eigenvalue weighted by Crippen LogP contribution is -2.61. The fraction of sp³-hybridized carbons (Fsp3) is 0.552. The summed E-state index contributed by atoms with van der Waals surface area (Å²) < 4.78 is 1.16. The number of carbonyl (C=O) groups excluding carboxylic acids is 2. The zero-order valence-corrected chi connectivity index (χ0v) is 24.6. The van der Waals surface area contributed by atoms with Gasteiger partial charge >= 0.3 is 5.97 Å². The first-order valence-corrected chi connectivity index (χ1v) is 13.5. The second kappa shape index (κ2) is 11.8. The normalized spacial score (nSPS) is 15.4. The van der Waals surface area contributed by atoms with Gasteiger partial charge in [0.05, 0.1) is 12.1 Å². The van der Waals surface area contributed by atoms with Gasteiger partial charge in [-0.3, -0.25) is 9.59 Å². The van der Waals surface area contributed by atoms with E-state index < -0.39 is 34.9 Å². The average molecular weight is 530 g/mol. The Morgan fingerprint density at radius 2 is 1.65 bits per heavy atom. The predicted octanol–water partition coefficient (Wildman–Crippen LogP) is 4.81. The first kappa shape index (κ1) is 30.5. The highest BCUT2D eigenvalue weighted by molar-refractivity contribution is 7.19. The zero-order chi connectivity index (χ0) is 28.3. The lowest BCUT2D eigenvalue weighted by Gasteiger charge is -2.39. The standard InChI is InChI=1S/C29H43N3O4S/c1-17(2)20(15-18(3)27(35)36)32(10)26(34)24(28(4,5)6)31-25(33)23(30-9)29(7,8)22-16-19-13-11-12-14-21(19)37-22/h11-17,20,23-24,30H,1-10H3,(H,31,33)(H,35,36)/b18-15+/t20-,23-,24-/m1/s1. The molecule has 0 spiro atoms. The third-order valence-corrected chi connectivity index (χ3v) is 8.42. The summed E-state index contributed by atoms with van der Waals surface area (Å²) >= 11 is 1.67. The van der Waals surface area contributed by atoms with Crippen molar-refractivity contribution in [2.75, 3.05) is 14.1 Å². The van der Waals surface area contributed by atoms with Crippen LogP contribution in [-0.2, 0) is 19.8 Å². The summed E-state index contributed by atoms with van der Waals surface area (Å²) in [6.45, 7) is 15.2. The number of thiophene rings is 1. The number of rotatable bonds is 10. The molecule has 0 saturated carbocycles. The number of carbonyl (C=O) groups is 3. The van der Waals surface area contributed by atoms with Crippen LogP contribution in [0.25, 0.3) is 10.1 Å². The van der Waals surface area contributed by atoms with Gasteiger partial charge in [-0.2, -0.15) is 0 Å². The topological polar surface area (TPSA) is 98.7 Å². The predicted molar refractivity (Wildman–Crippen MR) is 152 cm³/mol. The molecule has 2 aromatic rings. The van der Waals surface area contributed by atoms with Crippen LogP contribution in [-0.4, -0.2) is 60.0 Å². The summed E-state index contributed by atoms with van der Waals surface area (Å²) in [6.07, 6.45) is 1.60. The molecular weight excluding hydrogens is 486 g/mol. The van der Waals surface area contributed by atoms with Crippen LogP contribution in [0.1, 0.15) is 60.3 Å². The van der Waals surface area contributed by atoms with Crippen LogP contribution in [0.15, 0.2) is 42.0 Å². The fourth-order valence-corrected chi connectivity index (χ4v) is 5.76. The largest absolute Gasteiger partial charge is 0.478 e. The van der Waals surface area contributed by atoms with Crippen LogP contribution >= 0.6 is 11.3 Å². The van der Waals surface area contributed by atoms with Crippen LogP contribution in [0.2, 0.25) is 0 Å². The van der Waals surface area contributed by atoms with Gasteiger partial charge in [0.1, 0.15) is 6.04 Å². The second-order valence-corrected chi connectivity index (χ2v) is 12.8. The maximum Gasteiger partial charge on any atom is 0.331 e. The number of likely N-dealkylation sites (N-methyl/N-ethyl adjacent to an activating group) is 2. The molecule has 3 N–H and O–H groups in total. The molecule has 7 nitrogen and oxygen atoms in total. The number of hydrogen-bond donors (Lipinski definition) is 3. The van der Waals surface area contributed by atoms with Crippen molar-refractivity contribution >= 4 is 39.2 Å². The summed E-state index contributed by atoms with van der Waals surface area (Å²) in [7, 11) is 3.42. The molecular formula is C29H43N3O4S. The van der Waals surface area contributed by atoms with E-state index in [4.69, 9.17) is 0 Å². The summed E-state index contributed by atoms with van der Waals surface area (Å²) in [6, 6.07) is 8.45. The number of aliphatic carboxylic acids is 1. The van der Waals surface area contributed by atoms with Gasteiger partial charge in [-0.25, -0.2) is 4.79 Å². The Hall–Kier alpha value is -2.71. The maximum absolute atomic E-state index is 13.8. The van der Waals surface area contributed by atoms with Gasteiger partial charge in [-0.15, -0.1) is 11.3 Å². The van der Waals surface area contributed by atoms with Crippen molar-refractivity contribution in [3.63, 3.8) is 0 Å². The Balaban J connectivity index is 2.37. The van der Waals surface area contributed by atoms with E-state index in [0.717, 1.165) is 15.0 Å². The zero-order valence-electron chi connectivity index (χ0n) is 23.8. The van der Waals surface area contributed by atoms with Gasteiger partial charge in [-0.05, 0) is 42.8 Å². The smallest absolute Gasteiger partial charge is 0.331 e. The molecule has 0 aliphatic heterocycles. The lowest BCUT2D eigenvalue weighted by molar-refractivity contribution is -0.141. The van der Waals surface area contributed by atoms with Crippen LogP contribution < -0.4 is 10.6 Å². The lowest BCUT2D eigenvalue weighted by atomic mass is 9.80. The molecule has 1 aromatic heterocycles. The van der Waals surface area contributed by atoms with E-state index in [-0.39, 0.29) is 23.3 Å². The van der Waals surface area contributed by atoms with Gasteiger partial charge < -0.3 is 20.6 Å². The molecule has 0 radical (unpaired) electrons. The van der Waals surface area contributed by atoms with Gasteiger partial charge in [0, 0.05) is 27.6 Å². The second-order valence-electron chi connectivity index (χ2n) is 11.7. The van der Waals surface area contributed by atoms with E-state index in [2.05, 4.69) is 28.8 Å². The van der Waals surface area contributed by atoms with Gasteiger partial charge in [0.15, 0.2) is 0 Å². The first-order valence-electron chi connectivity index (χ1n) is 12.7. The number of hydrogen-bond acceptors (Lipinski definition) is 5. The van der Waals surface area contributed by atoms with Crippen LogP contribution in [0, 0.1) is 11.3 Å². The average Bonchev–Trinajstić information content (AvgIpc) is 3.24. The first-order chi connectivity index (χ1) is 17.0. The Labute approximate surface area is 225 Å². The van der Waals surface area contributed by atoms with E-state index in [1.807, 2.05) is 60.6 Å². The van der Waals surface area contributed by atoms with Gasteiger partial charge in [0.25, 0.3) is 0 Å². The van der Waals surface area contributed by atoms with Crippen LogP contribution in [0.3, 0.4) is 0 Å². The molecule has 8 heteroatoms. The summed E-state index contributed by atoms with van der Waals surface area (Å²) in [5.41, 5.74) is -0.939. The Kier molecular flexibility index (Phi) is 9.71. The van der Waals surface area contributed by atoms with E-state index in [1.165, 1.54) is 6.92 Å². The van der Waals surface area contributed by atoms with Crippen LogP contribution in [0.4, 0.5) is 0 Å². The molecule has 0 bridgehead atoms. The highest BCUT2D eigenvalue weighted by atomic mass is 32.1. The molecule has 2 amide bonds. The monoisotopic (exact) mass is 529 g/mol. The molecule has 37 heavy (non-hydrogen) atoms. The summed E-state index contributed by atoms with van der Waals surface area (Å²) in [4.78, 5) is 41.6. The van der Waals surface area contributed by atoms with E-state index >= 15 is 0 Å². The van der Waals surface area contributed by atoms with Crippen LogP contribution in [0.5, 0.6) is 0 Å². The number of amides is 2. The number of nitrogens with zero attached hydrogens (tertiary/aromatic N) is 1. The highest BCUT2D eigenvalue weighted by Crippen LogP contribution is 2.37. The van der Waals surface area contributed by atoms with Crippen molar-refractivity contribution in [2.45, 2.75) is 78.9 Å². The molecule has 0 aliphatic rings. The van der Waals surface area contributed by atoms with E-state index in [0.29, 0.717) is 0 Å². The minimum atomic E-state index is -1.02. The number of fused-ring (bicyclic) bond motifs is 1. The van der Waals surface area contributed by atoms with Crippen molar-refractivity contribution in [3.8, 4) is 0 Å². The Morgan fingerprint density at radius 3 is 2.14 bits per heavy atom. The Bertz CT molecular complexity index is 1130. The molecule has 1 heterocycles. The fourth-order valence-electron chi connectivity index (χ4n) is 4.57. The molecule has 3 atom stereocenters. The van der Waals surface area contributed by atoms with Crippen molar-refractivity contribution < 1.29 is 19.5 Å². The minimum absolute atomic E-state index is 0.0171.